The number of rotatable bonds is 15. The van der Waals surface area contributed by atoms with E-state index in [1.54, 1.807) is 0 Å². The minimum absolute atomic E-state index is 0.0183. The van der Waals surface area contributed by atoms with Crippen LogP contribution in [0.4, 0.5) is 0 Å². The van der Waals surface area contributed by atoms with Gasteiger partial charge in [0, 0.05) is 26.2 Å². The van der Waals surface area contributed by atoms with Gasteiger partial charge in [0.1, 0.15) is 12.2 Å². The molecule has 0 spiro atoms. The minimum atomic E-state index is -2.95. The van der Waals surface area contributed by atoms with Crippen molar-refractivity contribution in [3.8, 4) is 0 Å². The predicted octanol–water partition coefficient (Wildman–Crippen LogP) is 10.2. The van der Waals surface area contributed by atoms with Gasteiger partial charge in [-0.3, -0.25) is 4.79 Å². The van der Waals surface area contributed by atoms with E-state index in [1.807, 2.05) is 0 Å². The lowest BCUT2D eigenvalue weighted by Crippen LogP contribution is -2.69. The third kappa shape index (κ3) is 10.9. The molecule has 2 aliphatic rings. The van der Waals surface area contributed by atoms with Gasteiger partial charge in [-0.25, -0.2) is 0 Å². The Kier molecular flexibility index (Phi) is 15.8. The van der Waals surface area contributed by atoms with Gasteiger partial charge in [0.05, 0.1) is 6.10 Å². The van der Waals surface area contributed by atoms with Crippen LogP contribution in [0.1, 0.15) is 109 Å². The number of carbonyl (C=O) groups excluding carboxylic acids is 1. The molecule has 10 heteroatoms. The molecule has 2 aromatic rings. The molecule has 0 aliphatic heterocycles. The van der Waals surface area contributed by atoms with Crippen molar-refractivity contribution in [2.24, 2.45) is 41.4 Å². The zero-order chi connectivity index (χ0) is 44.6. The molecule has 9 atom stereocenters. The van der Waals surface area contributed by atoms with Crippen LogP contribution in [0, 0.1) is 41.4 Å². The predicted molar refractivity (Wildman–Crippen MR) is 252 cm³/mol. The summed E-state index contributed by atoms with van der Waals surface area (Å²) < 4.78 is 27.7. The van der Waals surface area contributed by atoms with Crippen LogP contribution in [-0.2, 0) is 22.8 Å². The fraction of sp³-hybridized carbons (Fsp3) is 0.735. The van der Waals surface area contributed by atoms with Crippen molar-refractivity contribution in [3.05, 3.63) is 60.7 Å². The lowest BCUT2D eigenvalue weighted by molar-refractivity contribution is -0.223. The van der Waals surface area contributed by atoms with Crippen molar-refractivity contribution in [1.29, 1.82) is 0 Å². The fourth-order valence-electron chi connectivity index (χ4n) is 9.80. The summed E-state index contributed by atoms with van der Waals surface area (Å²) in [5.41, 5.74) is -1.61. The molecular formula is C49H84O7Si3. The van der Waals surface area contributed by atoms with Gasteiger partial charge in [0.15, 0.2) is 16.6 Å². The summed E-state index contributed by atoms with van der Waals surface area (Å²) in [6.07, 6.45) is 0.613. The number of hydrogen-bond acceptors (Lipinski definition) is 7. The van der Waals surface area contributed by atoms with Crippen LogP contribution in [0.15, 0.2) is 60.7 Å². The third-order valence-electron chi connectivity index (χ3n) is 15.5. The van der Waals surface area contributed by atoms with E-state index < -0.39 is 42.6 Å². The van der Waals surface area contributed by atoms with E-state index in [0.29, 0.717) is 19.6 Å². The molecule has 2 aromatic carbocycles. The molecular weight excluding hydrogens is 785 g/mol. The van der Waals surface area contributed by atoms with Gasteiger partial charge in [0.25, 0.3) is 8.32 Å². The summed E-state index contributed by atoms with van der Waals surface area (Å²) in [4.78, 5) is 12.3. The summed E-state index contributed by atoms with van der Waals surface area (Å²) in [6, 6.07) is 21.8. The summed E-state index contributed by atoms with van der Waals surface area (Å²) in [7, 11) is -7.19. The highest BCUT2D eigenvalue weighted by atomic mass is 28.4. The van der Waals surface area contributed by atoms with Crippen LogP contribution in [-0.4, -0.2) is 78.8 Å². The first kappa shape index (κ1) is 50.0. The first-order valence-corrected chi connectivity index (χ1v) is 30.3. The van der Waals surface area contributed by atoms with Crippen LogP contribution in [0.5, 0.6) is 0 Å². The number of carbonyl (C=O) groups is 1. The molecule has 334 valence electrons. The zero-order valence-electron chi connectivity index (χ0n) is 40.1. The van der Waals surface area contributed by atoms with Crippen molar-refractivity contribution in [1.82, 2.24) is 0 Å². The topological polar surface area (TPSA) is 94.5 Å². The molecule has 0 unspecified atom stereocenters. The normalized spacial score (nSPS) is 27.3. The lowest BCUT2D eigenvalue weighted by atomic mass is 9.51. The third-order valence-corrected chi connectivity index (χ3v) is 29.6. The van der Waals surface area contributed by atoms with Crippen molar-refractivity contribution in [2.45, 2.75) is 168 Å². The lowest BCUT2D eigenvalue weighted by Gasteiger charge is -2.59. The smallest absolute Gasteiger partial charge is 0.302 e. The highest BCUT2D eigenvalue weighted by molar-refractivity contribution is 6.99. The second-order valence-corrected chi connectivity index (χ2v) is 36.9. The average Bonchev–Trinajstić information content (AvgIpc) is 3.13. The molecule has 0 aromatic heterocycles. The number of aliphatic hydroxyl groups excluding tert-OH is 1. The standard InChI is InChI=1S/C49H84O7Si3/c1-34(2)43(32-55-58(16,17)47(8,9)10)42-30-49(52,33-53-36(4)50)45(51)44-40(35(3)31-54-57(14,15)46(5,6)7)28-37(29-41(42)44)56-59(48(11,12)13,38-24-20-18-21-25-38)39-26-22-19-23-27-39/h18-27,34-35,37,40-45,51-52H,28-33H2,1-17H3/t35-,37-,40+,41-,42-,43-,44-,45+,49+/m1/s1. The molecule has 0 amide bonds. The molecule has 0 heterocycles. The van der Waals surface area contributed by atoms with E-state index in [-0.39, 0.29) is 69.3 Å². The maximum Gasteiger partial charge on any atom is 0.302 e. The maximum absolute atomic E-state index is 12.7. The molecule has 59 heavy (non-hydrogen) atoms. The van der Waals surface area contributed by atoms with Crippen LogP contribution in [0.25, 0.3) is 0 Å². The fourth-order valence-corrected chi connectivity index (χ4v) is 16.7. The van der Waals surface area contributed by atoms with Gasteiger partial charge >= 0.3 is 5.97 Å². The van der Waals surface area contributed by atoms with Crippen LogP contribution < -0.4 is 10.4 Å². The van der Waals surface area contributed by atoms with Crippen LogP contribution >= 0.6 is 0 Å². The Bertz CT molecular complexity index is 1610. The van der Waals surface area contributed by atoms with Crippen molar-refractivity contribution in [2.75, 3.05) is 19.8 Å². The maximum atomic E-state index is 12.7. The van der Waals surface area contributed by atoms with E-state index in [9.17, 15) is 15.0 Å². The van der Waals surface area contributed by atoms with Gasteiger partial charge in [0.2, 0.25) is 0 Å². The van der Waals surface area contributed by atoms with E-state index in [2.05, 4.69) is 170 Å². The number of hydrogen-bond donors (Lipinski definition) is 2. The van der Waals surface area contributed by atoms with Crippen LogP contribution in [0.3, 0.4) is 0 Å². The highest BCUT2D eigenvalue weighted by Crippen LogP contribution is 2.56. The number of benzene rings is 2. The SMILES string of the molecule is CC(=O)OC[C@@]1(O)C[C@@H]([C@H](CO[Si](C)(C)C(C)(C)C)C(C)C)[C@H]2C[C@H](O[Si](c3ccccc3)(c3ccccc3)C(C)(C)C)C[C@@H]([C@H](C)CO[Si](C)(C)C(C)(C)C)[C@H]2[C@@H]1O. The Balaban J connectivity index is 1.93. The average molecular weight is 869 g/mol. The second kappa shape index (κ2) is 18.6. The first-order chi connectivity index (χ1) is 27.0. The van der Waals surface area contributed by atoms with E-state index in [0.717, 1.165) is 12.8 Å². The summed E-state index contributed by atoms with van der Waals surface area (Å²) in [5.74, 6) is -0.340. The largest absolute Gasteiger partial charge is 0.463 e. The van der Waals surface area contributed by atoms with Crippen LogP contribution in [0.2, 0.25) is 41.3 Å². The number of esters is 1. The monoisotopic (exact) mass is 869 g/mol. The molecule has 2 saturated carbocycles. The van der Waals surface area contributed by atoms with Crippen molar-refractivity contribution < 1.29 is 33.0 Å². The summed E-state index contributed by atoms with van der Waals surface area (Å²) >= 11 is 0. The van der Waals surface area contributed by atoms with Gasteiger partial charge in [-0.15, -0.1) is 0 Å². The molecule has 0 bridgehead atoms. The summed E-state index contributed by atoms with van der Waals surface area (Å²) in [5, 5.41) is 27.8. The molecule has 2 aliphatic carbocycles. The number of ether oxygens (including phenoxy) is 1. The van der Waals surface area contributed by atoms with E-state index >= 15 is 0 Å². The minimum Gasteiger partial charge on any atom is -0.463 e. The van der Waals surface area contributed by atoms with Crippen molar-refractivity contribution in [3.63, 3.8) is 0 Å². The number of fused-ring (bicyclic) bond motifs is 1. The van der Waals surface area contributed by atoms with Gasteiger partial charge < -0.3 is 28.2 Å². The van der Waals surface area contributed by atoms with Gasteiger partial charge in [-0.2, -0.15) is 0 Å². The molecule has 4 rings (SSSR count). The summed E-state index contributed by atoms with van der Waals surface area (Å²) in [6.45, 7) is 39.0. The van der Waals surface area contributed by atoms with Crippen molar-refractivity contribution >= 4 is 41.3 Å². The molecule has 2 N–H and O–H groups in total. The molecule has 0 saturated heterocycles. The van der Waals surface area contributed by atoms with E-state index in [1.165, 1.54) is 17.3 Å². The van der Waals surface area contributed by atoms with Gasteiger partial charge in [-0.1, -0.05) is 144 Å². The quantitative estimate of drug-likeness (QED) is 0.136. The van der Waals surface area contributed by atoms with Gasteiger partial charge in [-0.05, 0) is 112 Å². The Hall–Kier alpha value is -1.64. The molecule has 0 radical (unpaired) electrons. The van der Waals surface area contributed by atoms with E-state index in [4.69, 9.17) is 18.0 Å². The first-order valence-electron chi connectivity index (χ1n) is 22.6. The Labute approximate surface area is 363 Å². The molecule has 2 fully saturated rings. The number of aliphatic hydroxyl groups is 2. The Morgan fingerprint density at radius 3 is 1.64 bits per heavy atom. The zero-order valence-corrected chi connectivity index (χ0v) is 43.1. The second-order valence-electron chi connectivity index (χ2n) is 23.0. The highest BCUT2D eigenvalue weighted by Gasteiger charge is 2.61. The Morgan fingerprint density at radius 2 is 1.22 bits per heavy atom. The molecule has 7 nitrogen and oxygen atoms in total. The Morgan fingerprint density at radius 1 is 0.746 bits per heavy atom.